The highest BCUT2D eigenvalue weighted by atomic mass is 16.5. The monoisotopic (exact) mass is 218 g/mol. The van der Waals surface area contributed by atoms with Crippen LogP contribution in [-0.2, 0) is 0 Å². The molecule has 2 rings (SSSR count). The minimum Gasteiger partial charge on any atom is -0.399 e. The number of aliphatic hydroxyl groups is 2. The number of hydrogen-bond donors (Lipinski definition) is 4. The molecule has 0 amide bonds. The van der Waals surface area contributed by atoms with Gasteiger partial charge in [-0.3, -0.25) is 0 Å². The topological polar surface area (TPSA) is 92.5 Å². The Hall–Kier alpha value is -1.62. The fourth-order valence-corrected chi connectivity index (χ4v) is 1.72. The Morgan fingerprint density at radius 3 is 2.69 bits per heavy atom. The van der Waals surface area contributed by atoms with E-state index >= 15 is 0 Å². The minimum atomic E-state index is -2.05. The summed E-state index contributed by atoms with van der Waals surface area (Å²) in [4.78, 5) is 0. The van der Waals surface area contributed by atoms with E-state index in [1.165, 1.54) is 6.08 Å². The molecule has 1 aliphatic rings. The van der Waals surface area contributed by atoms with E-state index in [4.69, 9.17) is 11.5 Å². The van der Waals surface area contributed by atoms with Crippen molar-refractivity contribution in [1.82, 2.24) is 0 Å². The van der Waals surface area contributed by atoms with E-state index in [1.54, 1.807) is 36.4 Å². The Balaban J connectivity index is 2.48. The van der Waals surface area contributed by atoms with Gasteiger partial charge in [-0.05, 0) is 17.7 Å². The molecule has 4 nitrogen and oxygen atoms in total. The average molecular weight is 218 g/mol. The van der Waals surface area contributed by atoms with Crippen molar-refractivity contribution in [2.75, 3.05) is 5.73 Å². The van der Waals surface area contributed by atoms with E-state index in [9.17, 15) is 10.2 Å². The standard InChI is InChI=1S/C12H14N2O2/c13-9-4-1-3-8(7-9)10-5-2-6-11(14)12(10,15)16/h1-7,11,15-16H,13-14H2. The van der Waals surface area contributed by atoms with Gasteiger partial charge in [0.05, 0.1) is 6.04 Å². The number of anilines is 1. The summed E-state index contributed by atoms with van der Waals surface area (Å²) in [5.41, 5.74) is 12.8. The molecule has 0 saturated carbocycles. The second-order valence-corrected chi connectivity index (χ2v) is 3.84. The van der Waals surface area contributed by atoms with Crippen molar-refractivity contribution < 1.29 is 10.2 Å². The van der Waals surface area contributed by atoms with Crippen LogP contribution in [-0.4, -0.2) is 22.0 Å². The Bertz CT molecular complexity index is 464. The Kier molecular flexibility index (Phi) is 2.55. The van der Waals surface area contributed by atoms with Gasteiger partial charge in [-0.1, -0.05) is 30.4 Å². The summed E-state index contributed by atoms with van der Waals surface area (Å²) in [5, 5.41) is 19.8. The molecule has 1 atom stereocenters. The minimum absolute atomic E-state index is 0.356. The molecule has 4 heteroatoms. The maximum absolute atomic E-state index is 9.92. The molecule has 84 valence electrons. The number of nitrogens with two attached hydrogens (primary N) is 2. The molecule has 16 heavy (non-hydrogen) atoms. The van der Waals surface area contributed by atoms with Crippen LogP contribution in [0.15, 0.2) is 42.5 Å². The van der Waals surface area contributed by atoms with Crippen LogP contribution in [0.2, 0.25) is 0 Å². The van der Waals surface area contributed by atoms with Crippen molar-refractivity contribution in [2.45, 2.75) is 11.8 Å². The number of rotatable bonds is 1. The van der Waals surface area contributed by atoms with Gasteiger partial charge in [-0.15, -0.1) is 0 Å². The van der Waals surface area contributed by atoms with Crippen molar-refractivity contribution in [3.05, 3.63) is 48.1 Å². The second-order valence-electron chi connectivity index (χ2n) is 3.84. The number of allylic oxidation sites excluding steroid dienone is 2. The lowest BCUT2D eigenvalue weighted by atomic mass is 9.88. The summed E-state index contributed by atoms with van der Waals surface area (Å²) in [6.45, 7) is 0. The third-order valence-electron chi connectivity index (χ3n) is 2.64. The molecular weight excluding hydrogens is 204 g/mol. The first-order valence-electron chi connectivity index (χ1n) is 4.97. The van der Waals surface area contributed by atoms with Gasteiger partial charge in [0, 0.05) is 11.3 Å². The molecule has 0 heterocycles. The van der Waals surface area contributed by atoms with Crippen molar-refractivity contribution in [2.24, 2.45) is 5.73 Å². The predicted molar refractivity (Wildman–Crippen MR) is 63.1 cm³/mol. The van der Waals surface area contributed by atoms with Gasteiger partial charge < -0.3 is 21.7 Å². The second kappa shape index (κ2) is 3.75. The highest BCUT2D eigenvalue weighted by Crippen LogP contribution is 2.31. The molecule has 0 radical (unpaired) electrons. The summed E-state index contributed by atoms with van der Waals surface area (Å²) >= 11 is 0. The van der Waals surface area contributed by atoms with E-state index in [0.29, 0.717) is 16.8 Å². The van der Waals surface area contributed by atoms with E-state index < -0.39 is 11.8 Å². The summed E-state index contributed by atoms with van der Waals surface area (Å²) in [7, 11) is 0. The molecule has 1 unspecified atom stereocenters. The summed E-state index contributed by atoms with van der Waals surface area (Å²) in [6.07, 6.45) is 4.86. The highest BCUT2D eigenvalue weighted by molar-refractivity contribution is 5.76. The molecule has 0 saturated heterocycles. The largest absolute Gasteiger partial charge is 0.399 e. The van der Waals surface area contributed by atoms with Gasteiger partial charge in [0.1, 0.15) is 0 Å². The van der Waals surface area contributed by atoms with Crippen molar-refractivity contribution in [3.8, 4) is 0 Å². The Morgan fingerprint density at radius 1 is 1.25 bits per heavy atom. The van der Waals surface area contributed by atoms with E-state index in [1.807, 2.05) is 0 Å². The zero-order chi connectivity index (χ0) is 11.8. The van der Waals surface area contributed by atoms with Gasteiger partial charge in [-0.2, -0.15) is 0 Å². The molecule has 0 aromatic heterocycles. The third-order valence-corrected chi connectivity index (χ3v) is 2.64. The molecule has 6 N–H and O–H groups in total. The van der Waals surface area contributed by atoms with Crippen LogP contribution < -0.4 is 11.5 Å². The first-order valence-corrected chi connectivity index (χ1v) is 4.97. The van der Waals surface area contributed by atoms with Crippen LogP contribution in [0.25, 0.3) is 5.57 Å². The summed E-state index contributed by atoms with van der Waals surface area (Å²) < 4.78 is 0. The fourth-order valence-electron chi connectivity index (χ4n) is 1.72. The van der Waals surface area contributed by atoms with Crippen molar-refractivity contribution >= 4 is 11.3 Å². The van der Waals surface area contributed by atoms with Crippen molar-refractivity contribution in [1.29, 1.82) is 0 Å². The molecule has 1 aliphatic carbocycles. The normalized spacial score (nSPS) is 22.9. The van der Waals surface area contributed by atoms with E-state index in [-0.39, 0.29) is 0 Å². The first-order chi connectivity index (χ1) is 7.51. The van der Waals surface area contributed by atoms with Crippen LogP contribution >= 0.6 is 0 Å². The van der Waals surface area contributed by atoms with E-state index in [2.05, 4.69) is 0 Å². The summed E-state index contributed by atoms with van der Waals surface area (Å²) in [5.74, 6) is -2.05. The molecule has 0 aliphatic heterocycles. The molecular formula is C12H14N2O2. The van der Waals surface area contributed by atoms with Gasteiger partial charge in [-0.25, -0.2) is 0 Å². The molecule has 1 aromatic carbocycles. The zero-order valence-corrected chi connectivity index (χ0v) is 8.67. The van der Waals surface area contributed by atoms with Gasteiger partial charge in [0.25, 0.3) is 0 Å². The molecule has 0 fully saturated rings. The van der Waals surface area contributed by atoms with Gasteiger partial charge in [0.2, 0.25) is 5.79 Å². The lowest BCUT2D eigenvalue weighted by molar-refractivity contribution is -0.116. The molecule has 1 aromatic rings. The number of benzene rings is 1. The fraction of sp³-hybridized carbons (Fsp3) is 0.167. The third kappa shape index (κ3) is 1.74. The van der Waals surface area contributed by atoms with Gasteiger partial charge >= 0.3 is 0 Å². The number of nitrogen functional groups attached to an aromatic ring is 1. The van der Waals surface area contributed by atoms with Crippen LogP contribution in [0.4, 0.5) is 5.69 Å². The predicted octanol–water partition coefficient (Wildman–Crippen LogP) is 0.230. The van der Waals surface area contributed by atoms with Crippen LogP contribution in [0.1, 0.15) is 5.56 Å². The lowest BCUT2D eigenvalue weighted by Crippen LogP contribution is -2.48. The van der Waals surface area contributed by atoms with Crippen LogP contribution in [0, 0.1) is 0 Å². The van der Waals surface area contributed by atoms with Crippen LogP contribution in [0.3, 0.4) is 0 Å². The lowest BCUT2D eigenvalue weighted by Gasteiger charge is -2.31. The van der Waals surface area contributed by atoms with Crippen molar-refractivity contribution in [3.63, 3.8) is 0 Å². The van der Waals surface area contributed by atoms with Crippen LogP contribution in [0.5, 0.6) is 0 Å². The van der Waals surface area contributed by atoms with E-state index in [0.717, 1.165) is 0 Å². The van der Waals surface area contributed by atoms with Gasteiger partial charge in [0.15, 0.2) is 0 Å². The Morgan fingerprint density at radius 2 is 2.00 bits per heavy atom. The SMILES string of the molecule is Nc1cccc(C2=CC=CC(N)C2(O)O)c1. The molecule has 0 spiro atoms. The average Bonchev–Trinajstić information content (AvgIpc) is 2.22. The maximum Gasteiger partial charge on any atom is 0.209 e. The zero-order valence-electron chi connectivity index (χ0n) is 8.67. The number of hydrogen-bond acceptors (Lipinski definition) is 4. The molecule has 0 bridgehead atoms. The first kappa shape index (κ1) is 10.9. The highest BCUT2D eigenvalue weighted by Gasteiger charge is 2.36. The summed E-state index contributed by atoms with van der Waals surface area (Å²) in [6, 6.07) is 6.09. The Labute approximate surface area is 93.5 Å². The maximum atomic E-state index is 9.92. The smallest absolute Gasteiger partial charge is 0.209 e. The quantitative estimate of drug-likeness (QED) is 0.401.